The lowest BCUT2D eigenvalue weighted by atomic mass is 10.1. The number of β-amino-alcohol motifs (C(OH)–C–C–N with tert-alkyl or cyclic N) is 1. The van der Waals surface area contributed by atoms with Crippen molar-refractivity contribution in [1.29, 1.82) is 0 Å². The number of hydrogen-bond donors (Lipinski definition) is 2. The van der Waals surface area contributed by atoms with E-state index in [2.05, 4.69) is 4.90 Å². The predicted molar refractivity (Wildman–Crippen MR) is 71.9 cm³/mol. The Labute approximate surface area is 113 Å². The van der Waals surface area contributed by atoms with Gasteiger partial charge < -0.3 is 15.1 Å². The number of likely N-dealkylation sites (tertiary alicyclic amines) is 1. The quantitative estimate of drug-likeness (QED) is 0.858. The SMILES string of the molecule is CCN(Cc1ccccc1)[C@@H]1CN(C(=O)O)C[C@H]1O. The van der Waals surface area contributed by atoms with E-state index >= 15 is 0 Å². The van der Waals surface area contributed by atoms with Crippen molar-refractivity contribution in [1.82, 2.24) is 9.80 Å². The third-order valence-corrected chi connectivity index (χ3v) is 3.63. The molecule has 1 amide bonds. The zero-order chi connectivity index (χ0) is 13.8. The van der Waals surface area contributed by atoms with Gasteiger partial charge >= 0.3 is 6.09 Å². The van der Waals surface area contributed by atoms with Gasteiger partial charge in [-0.05, 0) is 12.1 Å². The number of carboxylic acid groups (broad SMARTS) is 1. The van der Waals surface area contributed by atoms with Gasteiger partial charge in [-0.15, -0.1) is 0 Å². The lowest BCUT2D eigenvalue weighted by molar-refractivity contribution is 0.0815. The van der Waals surface area contributed by atoms with Crippen molar-refractivity contribution < 1.29 is 15.0 Å². The molecule has 5 heteroatoms. The van der Waals surface area contributed by atoms with E-state index in [-0.39, 0.29) is 12.6 Å². The van der Waals surface area contributed by atoms with Crippen molar-refractivity contribution in [3.8, 4) is 0 Å². The summed E-state index contributed by atoms with van der Waals surface area (Å²) in [5.74, 6) is 0. The third-order valence-electron chi connectivity index (χ3n) is 3.63. The van der Waals surface area contributed by atoms with E-state index < -0.39 is 12.2 Å². The molecule has 1 aliphatic heterocycles. The molecule has 1 saturated heterocycles. The lowest BCUT2D eigenvalue weighted by Crippen LogP contribution is -2.42. The van der Waals surface area contributed by atoms with Crippen LogP contribution in [0.2, 0.25) is 0 Å². The van der Waals surface area contributed by atoms with Crippen molar-refractivity contribution in [2.45, 2.75) is 25.6 Å². The molecule has 104 valence electrons. The fraction of sp³-hybridized carbons (Fsp3) is 0.500. The molecule has 1 heterocycles. The molecule has 5 nitrogen and oxygen atoms in total. The number of aliphatic hydroxyl groups excluding tert-OH is 1. The van der Waals surface area contributed by atoms with Gasteiger partial charge in [-0.2, -0.15) is 0 Å². The van der Waals surface area contributed by atoms with E-state index in [0.29, 0.717) is 6.54 Å². The Kier molecular flexibility index (Phi) is 4.39. The van der Waals surface area contributed by atoms with Crippen LogP contribution < -0.4 is 0 Å². The zero-order valence-electron chi connectivity index (χ0n) is 11.1. The van der Waals surface area contributed by atoms with Crippen molar-refractivity contribution >= 4 is 6.09 Å². The summed E-state index contributed by atoms with van der Waals surface area (Å²) in [6.07, 6.45) is -1.57. The average molecular weight is 264 g/mol. The first-order valence-electron chi connectivity index (χ1n) is 6.55. The second kappa shape index (κ2) is 6.04. The molecular formula is C14H20N2O3. The van der Waals surface area contributed by atoms with Gasteiger partial charge in [0.1, 0.15) is 0 Å². The number of likely N-dealkylation sites (N-methyl/N-ethyl adjacent to an activating group) is 1. The highest BCUT2D eigenvalue weighted by Crippen LogP contribution is 2.18. The summed E-state index contributed by atoms with van der Waals surface area (Å²) in [4.78, 5) is 14.4. The van der Waals surface area contributed by atoms with E-state index in [1.807, 2.05) is 37.3 Å². The summed E-state index contributed by atoms with van der Waals surface area (Å²) in [5, 5.41) is 19.0. The van der Waals surface area contributed by atoms with Crippen LogP contribution in [0.15, 0.2) is 30.3 Å². The topological polar surface area (TPSA) is 64.0 Å². The molecular weight excluding hydrogens is 244 g/mol. The standard InChI is InChI=1S/C14H20N2O3/c1-2-15(8-11-6-4-3-5-7-11)12-9-16(14(18)19)10-13(12)17/h3-7,12-13,17H,2,8-10H2,1H3,(H,18,19)/t12-,13-/m1/s1. The maximum atomic E-state index is 11.0. The van der Waals surface area contributed by atoms with Crippen molar-refractivity contribution in [3.63, 3.8) is 0 Å². The second-order valence-corrected chi connectivity index (χ2v) is 4.87. The van der Waals surface area contributed by atoms with E-state index in [9.17, 15) is 9.90 Å². The number of nitrogens with zero attached hydrogens (tertiary/aromatic N) is 2. The van der Waals surface area contributed by atoms with Gasteiger partial charge in [0.25, 0.3) is 0 Å². The highest BCUT2D eigenvalue weighted by Gasteiger charge is 2.37. The van der Waals surface area contributed by atoms with Crippen LogP contribution in [0, 0.1) is 0 Å². The first kappa shape index (κ1) is 13.8. The summed E-state index contributed by atoms with van der Waals surface area (Å²) < 4.78 is 0. The molecule has 1 aromatic rings. The minimum atomic E-state index is -0.961. The van der Waals surface area contributed by atoms with Gasteiger partial charge in [-0.1, -0.05) is 37.3 Å². The molecule has 0 radical (unpaired) electrons. The summed E-state index contributed by atoms with van der Waals surface area (Å²) in [6.45, 7) is 4.11. The molecule has 0 saturated carbocycles. The molecule has 0 spiro atoms. The molecule has 2 rings (SSSR count). The molecule has 1 aliphatic rings. The number of amides is 1. The number of aliphatic hydroxyl groups is 1. The summed E-state index contributed by atoms with van der Waals surface area (Å²) in [5.41, 5.74) is 1.17. The number of benzene rings is 1. The Hall–Kier alpha value is -1.59. The van der Waals surface area contributed by atoms with Crippen LogP contribution in [0.25, 0.3) is 0 Å². The minimum Gasteiger partial charge on any atom is -0.465 e. The maximum absolute atomic E-state index is 11.0. The maximum Gasteiger partial charge on any atom is 0.407 e. The first-order chi connectivity index (χ1) is 9.11. The van der Waals surface area contributed by atoms with E-state index in [0.717, 1.165) is 13.1 Å². The van der Waals surface area contributed by atoms with Crippen LogP contribution in [0.5, 0.6) is 0 Å². The van der Waals surface area contributed by atoms with Crippen molar-refractivity contribution in [2.75, 3.05) is 19.6 Å². The number of carbonyl (C=O) groups is 1. The van der Waals surface area contributed by atoms with E-state index in [1.54, 1.807) is 0 Å². The zero-order valence-corrected chi connectivity index (χ0v) is 11.1. The fourth-order valence-corrected chi connectivity index (χ4v) is 2.57. The van der Waals surface area contributed by atoms with Crippen molar-refractivity contribution in [3.05, 3.63) is 35.9 Å². The molecule has 0 aromatic heterocycles. The van der Waals surface area contributed by atoms with Gasteiger partial charge in [0.2, 0.25) is 0 Å². The molecule has 1 fully saturated rings. The van der Waals surface area contributed by atoms with E-state index in [4.69, 9.17) is 5.11 Å². The Balaban J connectivity index is 2.04. The third kappa shape index (κ3) is 3.24. The van der Waals surface area contributed by atoms with Crippen molar-refractivity contribution in [2.24, 2.45) is 0 Å². The number of hydrogen-bond acceptors (Lipinski definition) is 3. The largest absolute Gasteiger partial charge is 0.465 e. The highest BCUT2D eigenvalue weighted by molar-refractivity contribution is 5.65. The summed E-state index contributed by atoms with van der Waals surface area (Å²) >= 11 is 0. The summed E-state index contributed by atoms with van der Waals surface area (Å²) in [7, 11) is 0. The smallest absolute Gasteiger partial charge is 0.407 e. The Morgan fingerprint density at radius 2 is 2.05 bits per heavy atom. The molecule has 2 atom stereocenters. The normalized spacial score (nSPS) is 23.0. The Morgan fingerprint density at radius 3 is 2.58 bits per heavy atom. The second-order valence-electron chi connectivity index (χ2n) is 4.87. The first-order valence-corrected chi connectivity index (χ1v) is 6.55. The van der Waals surface area contributed by atoms with Gasteiger partial charge in [-0.25, -0.2) is 4.79 Å². The van der Waals surface area contributed by atoms with Gasteiger partial charge in [-0.3, -0.25) is 4.90 Å². The van der Waals surface area contributed by atoms with Gasteiger partial charge in [0, 0.05) is 13.1 Å². The van der Waals surface area contributed by atoms with Crippen LogP contribution >= 0.6 is 0 Å². The van der Waals surface area contributed by atoms with Crippen LogP contribution in [0.4, 0.5) is 4.79 Å². The van der Waals surface area contributed by atoms with Crippen LogP contribution in [-0.4, -0.2) is 57.9 Å². The molecule has 19 heavy (non-hydrogen) atoms. The van der Waals surface area contributed by atoms with Gasteiger partial charge in [0.05, 0.1) is 18.7 Å². The van der Waals surface area contributed by atoms with Crippen LogP contribution in [0.1, 0.15) is 12.5 Å². The molecule has 2 N–H and O–H groups in total. The highest BCUT2D eigenvalue weighted by atomic mass is 16.4. The monoisotopic (exact) mass is 264 g/mol. The van der Waals surface area contributed by atoms with Gasteiger partial charge in [0.15, 0.2) is 0 Å². The van der Waals surface area contributed by atoms with Crippen LogP contribution in [0.3, 0.4) is 0 Å². The lowest BCUT2D eigenvalue weighted by Gasteiger charge is -2.29. The predicted octanol–water partition coefficient (Wildman–Crippen LogP) is 1.23. The minimum absolute atomic E-state index is 0.124. The van der Waals surface area contributed by atoms with Crippen LogP contribution in [-0.2, 0) is 6.54 Å². The Bertz CT molecular complexity index is 424. The molecule has 1 aromatic carbocycles. The Morgan fingerprint density at radius 1 is 1.37 bits per heavy atom. The average Bonchev–Trinajstić information content (AvgIpc) is 2.79. The fourth-order valence-electron chi connectivity index (χ4n) is 2.57. The molecule has 0 unspecified atom stereocenters. The molecule has 0 bridgehead atoms. The van der Waals surface area contributed by atoms with E-state index in [1.165, 1.54) is 10.5 Å². The summed E-state index contributed by atoms with van der Waals surface area (Å²) in [6, 6.07) is 9.89. The number of rotatable bonds is 4. The molecule has 0 aliphatic carbocycles.